The predicted octanol–water partition coefficient (Wildman–Crippen LogP) is 1.75. The zero-order valence-electron chi connectivity index (χ0n) is 14.0. The van der Waals surface area contributed by atoms with Crippen LogP contribution < -0.4 is 5.32 Å². The minimum absolute atomic E-state index is 0.163. The first-order valence-corrected chi connectivity index (χ1v) is 8.40. The summed E-state index contributed by atoms with van der Waals surface area (Å²) in [4.78, 5) is 37.5. The van der Waals surface area contributed by atoms with Crippen molar-refractivity contribution in [2.75, 3.05) is 19.7 Å². The van der Waals surface area contributed by atoms with Crippen LogP contribution in [0.2, 0.25) is 0 Å². The van der Waals surface area contributed by atoms with Crippen molar-refractivity contribution in [2.24, 2.45) is 0 Å². The number of nitrogens with one attached hydrogen (secondary N) is 1. The number of carbonyl (C=O) groups is 3. The maximum absolute atomic E-state index is 12.2. The van der Waals surface area contributed by atoms with Gasteiger partial charge in [0.05, 0.1) is 0 Å². The number of rotatable bonds is 6. The Labute approximate surface area is 142 Å². The van der Waals surface area contributed by atoms with Crippen LogP contribution in [-0.4, -0.2) is 48.4 Å². The molecule has 6 heteroatoms. The molecule has 2 amide bonds. The molecule has 1 aromatic rings. The van der Waals surface area contributed by atoms with Gasteiger partial charge in [0.25, 0.3) is 11.8 Å². The topological polar surface area (TPSA) is 75.7 Å². The highest BCUT2D eigenvalue weighted by Crippen LogP contribution is 2.19. The number of benzene rings is 1. The maximum Gasteiger partial charge on any atom is 0.325 e. The first kappa shape index (κ1) is 18.0. The molecule has 1 saturated heterocycles. The Balaban J connectivity index is 1.72. The van der Waals surface area contributed by atoms with Crippen molar-refractivity contribution in [3.63, 3.8) is 0 Å². The fourth-order valence-corrected chi connectivity index (χ4v) is 2.87. The van der Waals surface area contributed by atoms with Crippen molar-refractivity contribution >= 4 is 17.8 Å². The van der Waals surface area contributed by atoms with Crippen LogP contribution >= 0.6 is 0 Å². The normalized spacial score (nSPS) is 17.2. The first-order valence-electron chi connectivity index (χ1n) is 8.40. The largest absolute Gasteiger partial charge is 0.454 e. The quantitative estimate of drug-likeness (QED) is 0.805. The molecule has 0 spiro atoms. The molecule has 0 aromatic heterocycles. The molecule has 0 bridgehead atoms. The third-order valence-electron chi connectivity index (χ3n) is 4.20. The van der Waals surface area contributed by atoms with E-state index >= 15 is 0 Å². The molecule has 6 nitrogen and oxygen atoms in total. The zero-order chi connectivity index (χ0) is 17.4. The van der Waals surface area contributed by atoms with Crippen molar-refractivity contribution in [1.82, 2.24) is 10.2 Å². The molecule has 0 saturated carbocycles. The van der Waals surface area contributed by atoms with E-state index in [0.29, 0.717) is 5.56 Å². The number of carbonyl (C=O) groups excluding carboxylic acids is 3. The minimum Gasteiger partial charge on any atom is -0.454 e. The van der Waals surface area contributed by atoms with E-state index in [1.807, 2.05) is 0 Å². The van der Waals surface area contributed by atoms with E-state index in [1.54, 1.807) is 35.2 Å². The summed E-state index contributed by atoms with van der Waals surface area (Å²) >= 11 is 0. The monoisotopic (exact) mass is 332 g/mol. The van der Waals surface area contributed by atoms with Gasteiger partial charge in [0.15, 0.2) is 6.61 Å². The Morgan fingerprint density at radius 3 is 2.67 bits per heavy atom. The number of ether oxygens (including phenoxy) is 1. The van der Waals surface area contributed by atoms with Crippen LogP contribution in [0.3, 0.4) is 0 Å². The summed E-state index contributed by atoms with van der Waals surface area (Å²) in [5.41, 5.74) is 0.473. The summed E-state index contributed by atoms with van der Waals surface area (Å²) < 4.78 is 4.99. The molecule has 1 aromatic carbocycles. The van der Waals surface area contributed by atoms with Crippen LogP contribution in [0.1, 0.15) is 43.0 Å². The number of esters is 1. The molecule has 1 aliphatic rings. The average Bonchev–Trinajstić information content (AvgIpc) is 2.64. The molecule has 24 heavy (non-hydrogen) atoms. The Hall–Kier alpha value is -2.37. The fourth-order valence-electron chi connectivity index (χ4n) is 2.87. The number of amides is 2. The summed E-state index contributed by atoms with van der Waals surface area (Å²) in [5, 5.41) is 2.48. The van der Waals surface area contributed by atoms with Gasteiger partial charge >= 0.3 is 5.97 Å². The standard InChI is InChI=1S/C18H24N2O4/c1-2-15-10-6-7-11-20(15)16(21)13-24-17(22)12-19-18(23)14-8-4-3-5-9-14/h3-5,8-9,15H,2,6-7,10-13H2,1H3,(H,19,23)/t15-/m0/s1. The van der Waals surface area contributed by atoms with E-state index in [1.165, 1.54) is 0 Å². The molecule has 130 valence electrons. The number of nitrogens with zero attached hydrogens (tertiary/aromatic N) is 1. The Morgan fingerprint density at radius 2 is 1.96 bits per heavy atom. The predicted molar refractivity (Wildman–Crippen MR) is 89.4 cm³/mol. The van der Waals surface area contributed by atoms with Gasteiger partial charge in [-0.15, -0.1) is 0 Å². The first-order chi connectivity index (χ1) is 11.6. The van der Waals surface area contributed by atoms with Crippen molar-refractivity contribution in [3.8, 4) is 0 Å². The van der Waals surface area contributed by atoms with Gasteiger partial charge in [-0.2, -0.15) is 0 Å². The zero-order valence-corrected chi connectivity index (χ0v) is 14.0. The third-order valence-corrected chi connectivity index (χ3v) is 4.20. The Kier molecular flexibility index (Phi) is 6.78. The van der Waals surface area contributed by atoms with Gasteiger partial charge in [0.2, 0.25) is 0 Å². The van der Waals surface area contributed by atoms with Crippen LogP contribution in [0.4, 0.5) is 0 Å². The molecule has 1 aliphatic heterocycles. The molecule has 1 fully saturated rings. The van der Waals surface area contributed by atoms with Gasteiger partial charge in [-0.1, -0.05) is 25.1 Å². The SMILES string of the molecule is CC[C@H]1CCCCN1C(=O)COC(=O)CNC(=O)c1ccccc1. The molecule has 0 radical (unpaired) electrons. The van der Waals surface area contributed by atoms with Gasteiger partial charge in [0, 0.05) is 18.2 Å². The highest BCUT2D eigenvalue weighted by Gasteiger charge is 2.25. The molecular weight excluding hydrogens is 308 g/mol. The molecule has 0 unspecified atom stereocenters. The summed E-state index contributed by atoms with van der Waals surface area (Å²) in [6, 6.07) is 8.85. The molecule has 2 rings (SSSR count). The fraction of sp³-hybridized carbons (Fsp3) is 0.500. The lowest BCUT2D eigenvalue weighted by atomic mass is 10.00. The number of likely N-dealkylation sites (tertiary alicyclic amines) is 1. The summed E-state index contributed by atoms with van der Waals surface area (Å²) in [7, 11) is 0. The van der Waals surface area contributed by atoms with Crippen molar-refractivity contribution < 1.29 is 19.1 Å². The van der Waals surface area contributed by atoms with Crippen molar-refractivity contribution in [1.29, 1.82) is 0 Å². The third kappa shape index (κ3) is 5.08. The van der Waals surface area contributed by atoms with Gasteiger partial charge in [-0.3, -0.25) is 14.4 Å². The lowest BCUT2D eigenvalue weighted by Crippen LogP contribution is -2.45. The molecule has 1 heterocycles. The van der Waals surface area contributed by atoms with E-state index in [-0.39, 0.29) is 31.0 Å². The maximum atomic E-state index is 12.2. The smallest absolute Gasteiger partial charge is 0.325 e. The minimum atomic E-state index is -0.613. The second-order valence-electron chi connectivity index (χ2n) is 5.85. The van der Waals surface area contributed by atoms with E-state index in [9.17, 15) is 14.4 Å². The molecule has 0 aliphatic carbocycles. The number of hydrogen-bond acceptors (Lipinski definition) is 4. The second kappa shape index (κ2) is 9.05. The van der Waals surface area contributed by atoms with Gasteiger partial charge in [-0.25, -0.2) is 0 Å². The second-order valence-corrected chi connectivity index (χ2v) is 5.85. The lowest BCUT2D eigenvalue weighted by molar-refractivity contribution is -0.152. The molecular formula is C18H24N2O4. The van der Waals surface area contributed by atoms with Crippen molar-refractivity contribution in [2.45, 2.75) is 38.6 Å². The van der Waals surface area contributed by atoms with E-state index in [4.69, 9.17) is 4.74 Å². The average molecular weight is 332 g/mol. The summed E-state index contributed by atoms with van der Waals surface area (Å²) in [6.45, 7) is 2.26. The number of piperidine rings is 1. The lowest BCUT2D eigenvalue weighted by Gasteiger charge is -2.35. The van der Waals surface area contributed by atoms with E-state index in [2.05, 4.69) is 12.2 Å². The highest BCUT2D eigenvalue weighted by molar-refractivity contribution is 5.96. The van der Waals surface area contributed by atoms with Crippen LogP contribution in [0, 0.1) is 0 Å². The van der Waals surface area contributed by atoms with Crippen LogP contribution in [-0.2, 0) is 14.3 Å². The van der Waals surface area contributed by atoms with Crippen LogP contribution in [0.5, 0.6) is 0 Å². The number of hydrogen-bond donors (Lipinski definition) is 1. The molecule has 1 N–H and O–H groups in total. The summed E-state index contributed by atoms with van der Waals surface area (Å²) in [6.07, 6.45) is 4.03. The molecule has 1 atom stereocenters. The van der Waals surface area contributed by atoms with Crippen LogP contribution in [0.25, 0.3) is 0 Å². The van der Waals surface area contributed by atoms with E-state index in [0.717, 1.165) is 32.2 Å². The Morgan fingerprint density at radius 1 is 1.21 bits per heavy atom. The Bertz CT molecular complexity index is 574. The van der Waals surface area contributed by atoms with E-state index < -0.39 is 5.97 Å². The summed E-state index contributed by atoms with van der Waals surface area (Å²) in [5.74, 6) is -1.12. The van der Waals surface area contributed by atoms with Gasteiger partial charge < -0.3 is 15.0 Å². The van der Waals surface area contributed by atoms with Gasteiger partial charge in [0.1, 0.15) is 6.54 Å². The van der Waals surface area contributed by atoms with Crippen LogP contribution in [0.15, 0.2) is 30.3 Å². The van der Waals surface area contributed by atoms with Crippen molar-refractivity contribution in [3.05, 3.63) is 35.9 Å². The van der Waals surface area contributed by atoms with Gasteiger partial charge in [-0.05, 0) is 37.8 Å². The highest BCUT2D eigenvalue weighted by atomic mass is 16.5.